The first-order chi connectivity index (χ1) is 7.72. The van der Waals surface area contributed by atoms with Gasteiger partial charge in [-0.1, -0.05) is 13.3 Å². The zero-order valence-electron chi connectivity index (χ0n) is 9.73. The summed E-state index contributed by atoms with van der Waals surface area (Å²) in [5, 5.41) is 4.48. The van der Waals surface area contributed by atoms with Crippen LogP contribution in [0.4, 0.5) is 5.82 Å². The smallest absolute Gasteiger partial charge is 0.122 e. The molecular formula is C12H17N3O. The standard InChI is InChI=1S/C12H17N3O/c1-3-4-6-15-12(13)8-11(14-15)10-5-7-16-9(10)2/h5,7-8H,3-4,6,13H2,1-2H3. The van der Waals surface area contributed by atoms with E-state index < -0.39 is 0 Å². The molecule has 0 aliphatic rings. The molecule has 4 heteroatoms. The molecule has 16 heavy (non-hydrogen) atoms. The third kappa shape index (κ3) is 1.96. The highest BCUT2D eigenvalue weighted by Crippen LogP contribution is 2.24. The molecule has 0 aromatic carbocycles. The number of hydrogen-bond acceptors (Lipinski definition) is 3. The molecule has 0 bridgehead atoms. The monoisotopic (exact) mass is 219 g/mol. The summed E-state index contributed by atoms with van der Waals surface area (Å²) in [6, 6.07) is 3.81. The molecule has 0 spiro atoms. The van der Waals surface area contributed by atoms with Gasteiger partial charge in [0.15, 0.2) is 0 Å². The molecule has 2 rings (SSSR count). The number of hydrogen-bond donors (Lipinski definition) is 1. The fourth-order valence-corrected chi connectivity index (χ4v) is 1.70. The molecule has 0 saturated heterocycles. The largest absolute Gasteiger partial charge is 0.469 e. The second kappa shape index (κ2) is 4.43. The van der Waals surface area contributed by atoms with Crippen LogP contribution in [0.1, 0.15) is 25.5 Å². The molecule has 86 valence electrons. The lowest BCUT2D eigenvalue weighted by atomic mass is 10.2. The van der Waals surface area contributed by atoms with Crippen LogP contribution in [0.5, 0.6) is 0 Å². The molecule has 0 aliphatic heterocycles. The SMILES string of the molecule is CCCCn1nc(-c2ccoc2C)cc1N. The van der Waals surface area contributed by atoms with Crippen LogP contribution in [-0.2, 0) is 6.54 Å². The Morgan fingerprint density at radius 2 is 2.31 bits per heavy atom. The third-order valence-corrected chi connectivity index (χ3v) is 2.67. The molecule has 4 nitrogen and oxygen atoms in total. The van der Waals surface area contributed by atoms with E-state index in [0.717, 1.165) is 36.4 Å². The third-order valence-electron chi connectivity index (χ3n) is 2.67. The van der Waals surface area contributed by atoms with Crippen molar-refractivity contribution < 1.29 is 4.42 Å². The Bertz CT molecular complexity index is 470. The van der Waals surface area contributed by atoms with Crippen molar-refractivity contribution in [2.24, 2.45) is 0 Å². The van der Waals surface area contributed by atoms with Gasteiger partial charge in [0.2, 0.25) is 0 Å². The van der Waals surface area contributed by atoms with E-state index in [4.69, 9.17) is 10.2 Å². The summed E-state index contributed by atoms with van der Waals surface area (Å²) in [6.07, 6.45) is 3.90. The first-order valence-corrected chi connectivity index (χ1v) is 5.60. The van der Waals surface area contributed by atoms with Gasteiger partial charge in [-0.3, -0.25) is 0 Å². The zero-order valence-corrected chi connectivity index (χ0v) is 9.73. The molecule has 0 aliphatic carbocycles. The van der Waals surface area contributed by atoms with Gasteiger partial charge >= 0.3 is 0 Å². The van der Waals surface area contributed by atoms with Crippen LogP contribution >= 0.6 is 0 Å². The Labute approximate surface area is 95.1 Å². The van der Waals surface area contributed by atoms with Crippen LogP contribution in [0.25, 0.3) is 11.3 Å². The number of unbranched alkanes of at least 4 members (excludes halogenated alkanes) is 1. The van der Waals surface area contributed by atoms with Crippen molar-refractivity contribution in [3.05, 3.63) is 24.2 Å². The lowest BCUT2D eigenvalue weighted by molar-refractivity contribution is 0.534. The molecule has 2 aromatic rings. The van der Waals surface area contributed by atoms with Gasteiger partial charge in [-0.2, -0.15) is 5.10 Å². The molecule has 0 atom stereocenters. The Balaban J connectivity index is 2.27. The highest BCUT2D eigenvalue weighted by Gasteiger charge is 2.10. The van der Waals surface area contributed by atoms with E-state index in [0.29, 0.717) is 5.82 Å². The summed E-state index contributed by atoms with van der Waals surface area (Å²) in [6.45, 7) is 4.96. The van der Waals surface area contributed by atoms with Gasteiger partial charge in [-0.05, 0) is 19.4 Å². The molecule has 0 fully saturated rings. The van der Waals surface area contributed by atoms with Crippen molar-refractivity contribution in [1.29, 1.82) is 0 Å². The molecule has 0 amide bonds. The highest BCUT2D eigenvalue weighted by atomic mass is 16.3. The van der Waals surface area contributed by atoms with E-state index in [1.54, 1.807) is 6.26 Å². The maximum Gasteiger partial charge on any atom is 0.122 e. The van der Waals surface area contributed by atoms with Gasteiger partial charge in [0.25, 0.3) is 0 Å². The van der Waals surface area contributed by atoms with E-state index in [2.05, 4.69) is 12.0 Å². The number of rotatable bonds is 4. The van der Waals surface area contributed by atoms with Crippen molar-refractivity contribution in [3.8, 4) is 11.3 Å². The summed E-state index contributed by atoms with van der Waals surface area (Å²) >= 11 is 0. The minimum atomic E-state index is 0.712. The molecule has 2 heterocycles. The van der Waals surface area contributed by atoms with Gasteiger partial charge in [-0.15, -0.1) is 0 Å². The fraction of sp³-hybridized carbons (Fsp3) is 0.417. The van der Waals surface area contributed by atoms with Crippen LogP contribution < -0.4 is 5.73 Å². The first kappa shape index (κ1) is 10.8. The molecule has 0 radical (unpaired) electrons. The second-order valence-corrected chi connectivity index (χ2v) is 3.92. The summed E-state index contributed by atoms with van der Waals surface area (Å²) in [5.41, 5.74) is 7.81. The van der Waals surface area contributed by atoms with E-state index in [1.165, 1.54) is 0 Å². The topological polar surface area (TPSA) is 57.0 Å². The lowest BCUT2D eigenvalue weighted by Gasteiger charge is -2.01. The number of nitrogen functional groups attached to an aromatic ring is 1. The predicted octanol–water partition coefficient (Wildman–Crippen LogP) is 2.83. The summed E-state index contributed by atoms with van der Waals surface area (Å²) in [7, 11) is 0. The molecular weight excluding hydrogens is 202 g/mol. The molecule has 0 saturated carbocycles. The predicted molar refractivity (Wildman–Crippen MR) is 64.0 cm³/mol. The Morgan fingerprint density at radius 1 is 1.50 bits per heavy atom. The van der Waals surface area contributed by atoms with Crippen LogP contribution in [0.2, 0.25) is 0 Å². The summed E-state index contributed by atoms with van der Waals surface area (Å²) < 4.78 is 7.11. The molecule has 0 unspecified atom stereocenters. The Morgan fingerprint density at radius 3 is 2.94 bits per heavy atom. The maximum absolute atomic E-state index is 5.91. The van der Waals surface area contributed by atoms with E-state index in [1.807, 2.05) is 23.7 Å². The number of anilines is 1. The van der Waals surface area contributed by atoms with Crippen molar-refractivity contribution in [2.75, 3.05) is 5.73 Å². The van der Waals surface area contributed by atoms with Crippen LogP contribution in [-0.4, -0.2) is 9.78 Å². The molecule has 2 N–H and O–H groups in total. The Hall–Kier alpha value is -1.71. The van der Waals surface area contributed by atoms with E-state index in [9.17, 15) is 0 Å². The number of furan rings is 1. The van der Waals surface area contributed by atoms with Gasteiger partial charge in [-0.25, -0.2) is 4.68 Å². The summed E-state index contributed by atoms with van der Waals surface area (Å²) in [5.74, 6) is 1.59. The minimum absolute atomic E-state index is 0.712. The minimum Gasteiger partial charge on any atom is -0.469 e. The average molecular weight is 219 g/mol. The van der Waals surface area contributed by atoms with Gasteiger partial charge < -0.3 is 10.2 Å². The number of aromatic nitrogens is 2. The quantitative estimate of drug-likeness (QED) is 0.860. The number of nitrogens with zero attached hydrogens (tertiary/aromatic N) is 2. The van der Waals surface area contributed by atoms with Crippen LogP contribution in [0.15, 0.2) is 22.8 Å². The van der Waals surface area contributed by atoms with Gasteiger partial charge in [0.05, 0.1) is 12.0 Å². The maximum atomic E-state index is 5.91. The number of nitrogens with two attached hydrogens (primary N) is 1. The fourth-order valence-electron chi connectivity index (χ4n) is 1.70. The lowest BCUT2D eigenvalue weighted by Crippen LogP contribution is -2.04. The average Bonchev–Trinajstić information content (AvgIpc) is 2.82. The second-order valence-electron chi connectivity index (χ2n) is 3.92. The van der Waals surface area contributed by atoms with Gasteiger partial charge in [0, 0.05) is 18.2 Å². The zero-order chi connectivity index (χ0) is 11.5. The molecule has 2 aromatic heterocycles. The van der Waals surface area contributed by atoms with Crippen LogP contribution in [0.3, 0.4) is 0 Å². The van der Waals surface area contributed by atoms with E-state index >= 15 is 0 Å². The van der Waals surface area contributed by atoms with Gasteiger partial charge in [0.1, 0.15) is 11.6 Å². The normalized spacial score (nSPS) is 10.9. The summed E-state index contributed by atoms with van der Waals surface area (Å²) in [4.78, 5) is 0. The Kier molecular flexibility index (Phi) is 2.99. The van der Waals surface area contributed by atoms with Crippen molar-refractivity contribution in [2.45, 2.75) is 33.2 Å². The highest BCUT2D eigenvalue weighted by molar-refractivity contribution is 5.63. The number of aryl methyl sites for hydroxylation is 2. The van der Waals surface area contributed by atoms with Crippen molar-refractivity contribution in [1.82, 2.24) is 9.78 Å². The van der Waals surface area contributed by atoms with Crippen molar-refractivity contribution >= 4 is 5.82 Å². The van der Waals surface area contributed by atoms with Crippen LogP contribution in [0, 0.1) is 6.92 Å². The first-order valence-electron chi connectivity index (χ1n) is 5.60. The van der Waals surface area contributed by atoms with Crippen molar-refractivity contribution in [3.63, 3.8) is 0 Å². The van der Waals surface area contributed by atoms with E-state index in [-0.39, 0.29) is 0 Å².